The molecule has 102 valence electrons. The first-order valence-corrected chi connectivity index (χ1v) is 6.93. The van der Waals surface area contributed by atoms with E-state index in [9.17, 15) is 0 Å². The van der Waals surface area contributed by atoms with Crippen molar-refractivity contribution in [1.29, 1.82) is 0 Å². The summed E-state index contributed by atoms with van der Waals surface area (Å²) < 4.78 is 0. The molecule has 0 aromatic carbocycles. The van der Waals surface area contributed by atoms with Gasteiger partial charge in [0, 0.05) is 36.6 Å². The molecule has 0 aliphatic rings. The second-order valence-electron chi connectivity index (χ2n) is 4.79. The Kier molecular flexibility index (Phi) is 6.05. The van der Waals surface area contributed by atoms with E-state index >= 15 is 0 Å². The molecule has 0 saturated heterocycles. The van der Waals surface area contributed by atoms with Crippen molar-refractivity contribution in [3.8, 4) is 0 Å². The highest BCUT2D eigenvalue weighted by Gasteiger charge is 2.15. The highest BCUT2D eigenvalue weighted by molar-refractivity contribution is 5.34. The zero-order chi connectivity index (χ0) is 13.5. The summed E-state index contributed by atoms with van der Waals surface area (Å²) >= 11 is 0. The molecule has 4 heteroatoms. The number of aromatic nitrogens is 2. The molecule has 0 spiro atoms. The van der Waals surface area contributed by atoms with Crippen molar-refractivity contribution >= 4 is 5.95 Å². The van der Waals surface area contributed by atoms with Crippen LogP contribution in [-0.2, 0) is 6.54 Å². The Labute approximate surface area is 111 Å². The quantitative estimate of drug-likeness (QED) is 0.808. The fourth-order valence-electron chi connectivity index (χ4n) is 1.88. The number of nitrogens with zero attached hydrogens (tertiary/aromatic N) is 3. The Balaban J connectivity index is 2.93. The van der Waals surface area contributed by atoms with Gasteiger partial charge in [-0.05, 0) is 26.7 Å². The highest BCUT2D eigenvalue weighted by atomic mass is 15.3. The normalized spacial score (nSPS) is 12.5. The summed E-state index contributed by atoms with van der Waals surface area (Å²) in [6.07, 6.45) is 5.32. The van der Waals surface area contributed by atoms with Crippen molar-refractivity contribution < 1.29 is 0 Å². The first-order chi connectivity index (χ1) is 8.63. The number of hydrogen-bond donors (Lipinski definition) is 1. The summed E-state index contributed by atoms with van der Waals surface area (Å²) in [7, 11) is 0. The molecule has 1 heterocycles. The van der Waals surface area contributed by atoms with Crippen LogP contribution in [0, 0.1) is 6.92 Å². The van der Waals surface area contributed by atoms with Crippen LogP contribution in [0.1, 0.15) is 51.3 Å². The van der Waals surface area contributed by atoms with Crippen molar-refractivity contribution in [3.05, 3.63) is 17.5 Å². The Morgan fingerprint density at radius 3 is 2.61 bits per heavy atom. The minimum absolute atomic E-state index is 0.472. The van der Waals surface area contributed by atoms with Crippen molar-refractivity contribution in [3.63, 3.8) is 0 Å². The fraction of sp³-hybridized carbons (Fsp3) is 0.714. The number of nitrogens with two attached hydrogens (primary N) is 1. The van der Waals surface area contributed by atoms with E-state index in [0.717, 1.165) is 30.2 Å². The number of hydrogen-bond acceptors (Lipinski definition) is 4. The predicted octanol–water partition coefficient (Wildman–Crippen LogP) is 2.65. The molecule has 0 aliphatic carbocycles. The third-order valence-corrected chi connectivity index (χ3v) is 3.42. The van der Waals surface area contributed by atoms with Crippen LogP contribution in [0.25, 0.3) is 0 Å². The topological polar surface area (TPSA) is 55.0 Å². The third kappa shape index (κ3) is 3.67. The van der Waals surface area contributed by atoms with Gasteiger partial charge in [0.15, 0.2) is 0 Å². The molecule has 0 bridgehead atoms. The lowest BCUT2D eigenvalue weighted by Gasteiger charge is -2.28. The molecule has 1 aromatic heterocycles. The summed E-state index contributed by atoms with van der Waals surface area (Å²) in [6, 6.07) is 0.472. The van der Waals surface area contributed by atoms with Gasteiger partial charge in [-0.25, -0.2) is 9.97 Å². The third-order valence-electron chi connectivity index (χ3n) is 3.42. The van der Waals surface area contributed by atoms with Gasteiger partial charge < -0.3 is 10.6 Å². The maximum Gasteiger partial charge on any atom is 0.225 e. The van der Waals surface area contributed by atoms with Crippen LogP contribution in [0.4, 0.5) is 5.95 Å². The van der Waals surface area contributed by atoms with Crippen LogP contribution in [0.15, 0.2) is 6.20 Å². The van der Waals surface area contributed by atoms with E-state index in [4.69, 9.17) is 5.73 Å². The van der Waals surface area contributed by atoms with E-state index in [2.05, 4.69) is 35.6 Å². The Morgan fingerprint density at radius 1 is 1.39 bits per heavy atom. The van der Waals surface area contributed by atoms with Crippen LogP contribution in [0.3, 0.4) is 0 Å². The molecule has 2 N–H and O–H groups in total. The van der Waals surface area contributed by atoms with Gasteiger partial charge in [-0.1, -0.05) is 20.3 Å². The molecule has 0 radical (unpaired) electrons. The van der Waals surface area contributed by atoms with E-state index in [1.165, 1.54) is 12.8 Å². The molecule has 1 rings (SSSR count). The van der Waals surface area contributed by atoms with Crippen LogP contribution in [-0.4, -0.2) is 22.6 Å². The highest BCUT2D eigenvalue weighted by Crippen LogP contribution is 2.16. The van der Waals surface area contributed by atoms with Crippen LogP contribution >= 0.6 is 0 Å². The lowest BCUT2D eigenvalue weighted by atomic mass is 10.2. The molecular weight excluding hydrogens is 224 g/mol. The molecule has 18 heavy (non-hydrogen) atoms. The summed E-state index contributed by atoms with van der Waals surface area (Å²) in [6.45, 7) is 10.2. The number of rotatable bonds is 7. The van der Waals surface area contributed by atoms with Crippen molar-refractivity contribution in [2.24, 2.45) is 5.73 Å². The summed E-state index contributed by atoms with van der Waals surface area (Å²) in [5, 5.41) is 0. The summed E-state index contributed by atoms with van der Waals surface area (Å²) in [5.74, 6) is 0.840. The molecule has 0 amide bonds. The maximum atomic E-state index is 5.65. The van der Waals surface area contributed by atoms with Crippen LogP contribution in [0.2, 0.25) is 0 Å². The predicted molar refractivity (Wildman–Crippen MR) is 76.7 cm³/mol. The van der Waals surface area contributed by atoms with Gasteiger partial charge >= 0.3 is 0 Å². The molecule has 0 fully saturated rings. The number of aryl methyl sites for hydroxylation is 1. The van der Waals surface area contributed by atoms with Gasteiger partial charge in [0.05, 0.1) is 0 Å². The zero-order valence-corrected chi connectivity index (χ0v) is 12.1. The van der Waals surface area contributed by atoms with Crippen LogP contribution in [0.5, 0.6) is 0 Å². The molecular formula is C14H26N4. The second kappa shape index (κ2) is 7.31. The SMILES string of the molecule is CCCCN(c1ncc(CN)c(C)n1)C(C)CC. The lowest BCUT2D eigenvalue weighted by molar-refractivity contribution is 0.581. The van der Waals surface area contributed by atoms with Gasteiger partial charge in [-0.15, -0.1) is 0 Å². The summed E-state index contributed by atoms with van der Waals surface area (Å²) in [5.41, 5.74) is 7.67. The van der Waals surface area contributed by atoms with Crippen molar-refractivity contribution in [2.75, 3.05) is 11.4 Å². The number of anilines is 1. The Hall–Kier alpha value is -1.16. The van der Waals surface area contributed by atoms with E-state index in [1.807, 2.05) is 13.1 Å². The van der Waals surface area contributed by atoms with Crippen LogP contribution < -0.4 is 10.6 Å². The van der Waals surface area contributed by atoms with Crippen molar-refractivity contribution in [1.82, 2.24) is 9.97 Å². The van der Waals surface area contributed by atoms with Gasteiger partial charge in [-0.3, -0.25) is 0 Å². The number of unbranched alkanes of at least 4 members (excludes halogenated alkanes) is 1. The smallest absolute Gasteiger partial charge is 0.225 e. The molecule has 1 aromatic rings. The Morgan fingerprint density at radius 2 is 2.11 bits per heavy atom. The Bertz CT molecular complexity index is 365. The minimum atomic E-state index is 0.472. The zero-order valence-electron chi connectivity index (χ0n) is 12.1. The van der Waals surface area contributed by atoms with Gasteiger partial charge in [0.25, 0.3) is 0 Å². The monoisotopic (exact) mass is 250 g/mol. The molecule has 4 nitrogen and oxygen atoms in total. The standard InChI is InChI=1S/C14H26N4/c1-5-7-8-18(11(3)6-2)14-16-10-13(9-15)12(4)17-14/h10-11H,5-9,15H2,1-4H3. The first kappa shape index (κ1) is 14.9. The van der Waals surface area contributed by atoms with E-state index in [0.29, 0.717) is 12.6 Å². The van der Waals surface area contributed by atoms with E-state index < -0.39 is 0 Å². The summed E-state index contributed by atoms with van der Waals surface area (Å²) in [4.78, 5) is 11.4. The van der Waals surface area contributed by atoms with E-state index in [1.54, 1.807) is 0 Å². The molecule has 1 atom stereocenters. The lowest BCUT2D eigenvalue weighted by Crippen LogP contribution is -2.35. The van der Waals surface area contributed by atoms with Crippen molar-refractivity contribution in [2.45, 2.75) is 59.5 Å². The second-order valence-corrected chi connectivity index (χ2v) is 4.79. The molecule has 0 saturated carbocycles. The largest absolute Gasteiger partial charge is 0.338 e. The minimum Gasteiger partial charge on any atom is -0.338 e. The van der Waals surface area contributed by atoms with Gasteiger partial charge in [-0.2, -0.15) is 0 Å². The molecule has 1 unspecified atom stereocenters. The average molecular weight is 250 g/mol. The molecule has 0 aliphatic heterocycles. The first-order valence-electron chi connectivity index (χ1n) is 6.93. The van der Waals surface area contributed by atoms with Gasteiger partial charge in [0.1, 0.15) is 0 Å². The fourth-order valence-corrected chi connectivity index (χ4v) is 1.88. The van der Waals surface area contributed by atoms with Gasteiger partial charge in [0.2, 0.25) is 5.95 Å². The van der Waals surface area contributed by atoms with E-state index in [-0.39, 0.29) is 0 Å². The maximum absolute atomic E-state index is 5.65. The average Bonchev–Trinajstić information content (AvgIpc) is 2.39.